The van der Waals surface area contributed by atoms with Crippen LogP contribution in [0.2, 0.25) is 0 Å². The van der Waals surface area contributed by atoms with Crippen LogP contribution in [0.4, 0.5) is 5.69 Å². The van der Waals surface area contributed by atoms with E-state index in [-0.39, 0.29) is 0 Å². The highest BCUT2D eigenvalue weighted by Crippen LogP contribution is 2.23. The van der Waals surface area contributed by atoms with E-state index in [1.54, 1.807) is 11.3 Å². The van der Waals surface area contributed by atoms with Crippen LogP contribution in [0.15, 0.2) is 40.2 Å². The highest BCUT2D eigenvalue weighted by atomic mass is 79.9. The molecule has 0 bridgehead atoms. The van der Waals surface area contributed by atoms with E-state index < -0.39 is 0 Å². The lowest BCUT2D eigenvalue weighted by Gasteiger charge is -2.07. The van der Waals surface area contributed by atoms with Crippen molar-refractivity contribution >= 4 is 33.0 Å². The number of hydrogen-bond donors (Lipinski definition) is 1. The van der Waals surface area contributed by atoms with Crippen molar-refractivity contribution in [3.8, 4) is 0 Å². The zero-order chi connectivity index (χ0) is 13.5. The van der Waals surface area contributed by atoms with Crippen molar-refractivity contribution in [1.29, 1.82) is 0 Å². The van der Waals surface area contributed by atoms with Crippen LogP contribution in [0, 0.1) is 0 Å². The molecule has 1 nitrogen and oxygen atoms in total. The van der Waals surface area contributed by atoms with E-state index in [1.165, 1.54) is 46.3 Å². The Labute approximate surface area is 128 Å². The first-order chi connectivity index (χ1) is 9.29. The third-order valence-electron chi connectivity index (χ3n) is 3.17. The summed E-state index contributed by atoms with van der Waals surface area (Å²) in [5, 5.41) is 5.57. The maximum Gasteiger partial charge on any atom is 0.0505 e. The van der Waals surface area contributed by atoms with Gasteiger partial charge in [-0.25, -0.2) is 0 Å². The summed E-state index contributed by atoms with van der Waals surface area (Å²) in [5.74, 6) is 0. The van der Waals surface area contributed by atoms with Crippen molar-refractivity contribution in [2.45, 2.75) is 39.2 Å². The fourth-order valence-corrected chi connectivity index (χ4v) is 3.43. The fraction of sp³-hybridized carbons (Fsp3) is 0.375. The number of nitrogens with one attached hydrogen (secondary N) is 1. The second kappa shape index (κ2) is 7.71. The maximum atomic E-state index is 3.56. The Kier molecular flexibility index (Phi) is 5.93. The normalized spacial score (nSPS) is 10.6. The van der Waals surface area contributed by atoms with E-state index in [2.05, 4.69) is 63.9 Å². The highest BCUT2D eigenvalue weighted by molar-refractivity contribution is 9.10. The van der Waals surface area contributed by atoms with Crippen LogP contribution < -0.4 is 5.32 Å². The predicted octanol–water partition coefficient (Wildman–Crippen LogP) is 5.86. The molecule has 0 unspecified atom stereocenters. The van der Waals surface area contributed by atoms with E-state index in [9.17, 15) is 0 Å². The van der Waals surface area contributed by atoms with Gasteiger partial charge in [-0.15, -0.1) is 11.3 Å². The number of anilines is 1. The Balaban J connectivity index is 1.83. The standard InChI is InChI=1S/C16H20BrNS/c1-2-3-4-5-13-6-8-14(9-7-13)18-12-16-15(17)10-11-19-16/h6-11,18H,2-5,12H2,1H3. The van der Waals surface area contributed by atoms with Crippen molar-refractivity contribution in [1.82, 2.24) is 0 Å². The largest absolute Gasteiger partial charge is 0.380 e. The Morgan fingerprint density at radius 3 is 2.53 bits per heavy atom. The van der Waals surface area contributed by atoms with E-state index in [0.717, 1.165) is 6.54 Å². The van der Waals surface area contributed by atoms with Crippen LogP contribution in [-0.4, -0.2) is 0 Å². The zero-order valence-corrected chi connectivity index (χ0v) is 13.7. The minimum Gasteiger partial charge on any atom is -0.380 e. The molecule has 1 aromatic carbocycles. The molecule has 19 heavy (non-hydrogen) atoms. The summed E-state index contributed by atoms with van der Waals surface area (Å²) in [6.45, 7) is 3.13. The Hall–Kier alpha value is -0.800. The lowest BCUT2D eigenvalue weighted by atomic mass is 10.1. The second-order valence-corrected chi connectivity index (χ2v) is 6.55. The number of benzene rings is 1. The third kappa shape index (κ3) is 4.66. The van der Waals surface area contributed by atoms with Crippen LogP contribution in [0.1, 0.15) is 36.6 Å². The third-order valence-corrected chi connectivity index (χ3v) is 5.09. The number of unbranched alkanes of at least 4 members (excludes halogenated alkanes) is 2. The molecule has 1 heterocycles. The van der Waals surface area contributed by atoms with Gasteiger partial charge in [0.2, 0.25) is 0 Å². The van der Waals surface area contributed by atoms with Gasteiger partial charge in [0.05, 0.1) is 6.54 Å². The lowest BCUT2D eigenvalue weighted by molar-refractivity contribution is 0.717. The molecule has 0 aliphatic carbocycles. The fourth-order valence-electron chi connectivity index (χ4n) is 2.00. The average molecular weight is 338 g/mol. The first kappa shape index (κ1) is 14.6. The molecule has 0 saturated heterocycles. The van der Waals surface area contributed by atoms with Crippen molar-refractivity contribution in [2.24, 2.45) is 0 Å². The van der Waals surface area contributed by atoms with E-state index in [0.29, 0.717) is 0 Å². The lowest BCUT2D eigenvalue weighted by Crippen LogP contribution is -1.98. The van der Waals surface area contributed by atoms with E-state index in [1.807, 2.05) is 0 Å². The quantitative estimate of drug-likeness (QED) is 0.624. The maximum absolute atomic E-state index is 3.56. The number of rotatable bonds is 7. The SMILES string of the molecule is CCCCCc1ccc(NCc2sccc2Br)cc1. The van der Waals surface area contributed by atoms with Gasteiger partial charge in [-0.2, -0.15) is 0 Å². The molecule has 2 rings (SSSR count). The number of hydrogen-bond acceptors (Lipinski definition) is 2. The molecule has 0 aliphatic rings. The van der Waals surface area contributed by atoms with Gasteiger partial charge in [0.1, 0.15) is 0 Å². The minimum absolute atomic E-state index is 0.882. The topological polar surface area (TPSA) is 12.0 Å². The number of halogens is 1. The molecule has 0 atom stereocenters. The molecule has 0 aliphatic heterocycles. The van der Waals surface area contributed by atoms with Crippen molar-refractivity contribution in [3.63, 3.8) is 0 Å². The van der Waals surface area contributed by atoms with Crippen LogP contribution in [-0.2, 0) is 13.0 Å². The average Bonchev–Trinajstić information content (AvgIpc) is 2.84. The molecular formula is C16H20BrNS. The smallest absolute Gasteiger partial charge is 0.0505 e. The molecule has 0 radical (unpaired) electrons. The molecular weight excluding hydrogens is 318 g/mol. The number of aryl methyl sites for hydroxylation is 1. The Morgan fingerprint density at radius 1 is 1.11 bits per heavy atom. The monoisotopic (exact) mass is 337 g/mol. The Bertz CT molecular complexity index is 490. The molecule has 0 spiro atoms. The molecule has 0 fully saturated rings. The molecule has 3 heteroatoms. The van der Waals surface area contributed by atoms with E-state index in [4.69, 9.17) is 0 Å². The van der Waals surface area contributed by atoms with Gasteiger partial charge in [-0.3, -0.25) is 0 Å². The molecule has 102 valence electrons. The molecule has 1 aromatic heterocycles. The van der Waals surface area contributed by atoms with Gasteiger partial charge >= 0.3 is 0 Å². The van der Waals surface area contributed by atoms with Gasteiger partial charge in [-0.05, 0) is 57.9 Å². The summed E-state index contributed by atoms with van der Waals surface area (Å²) >= 11 is 5.33. The Morgan fingerprint density at radius 2 is 1.89 bits per heavy atom. The van der Waals surface area contributed by atoms with Crippen molar-refractivity contribution in [3.05, 3.63) is 50.6 Å². The first-order valence-electron chi connectivity index (χ1n) is 6.84. The number of thiophene rings is 1. The molecule has 1 N–H and O–H groups in total. The van der Waals surface area contributed by atoms with Crippen molar-refractivity contribution in [2.75, 3.05) is 5.32 Å². The second-order valence-electron chi connectivity index (χ2n) is 4.70. The van der Waals surface area contributed by atoms with Crippen LogP contribution in [0.25, 0.3) is 0 Å². The van der Waals surface area contributed by atoms with Gasteiger partial charge in [0.25, 0.3) is 0 Å². The summed E-state index contributed by atoms with van der Waals surface area (Å²) in [6, 6.07) is 10.9. The van der Waals surface area contributed by atoms with Gasteiger partial charge in [0, 0.05) is 15.0 Å². The minimum atomic E-state index is 0.882. The van der Waals surface area contributed by atoms with Gasteiger partial charge in [0.15, 0.2) is 0 Å². The molecule has 2 aromatic rings. The summed E-state index contributed by atoms with van der Waals surface area (Å²) in [6.07, 6.45) is 5.11. The molecule has 0 saturated carbocycles. The van der Waals surface area contributed by atoms with Crippen LogP contribution in [0.3, 0.4) is 0 Å². The highest BCUT2D eigenvalue weighted by Gasteiger charge is 2.01. The zero-order valence-electron chi connectivity index (χ0n) is 11.3. The summed E-state index contributed by atoms with van der Waals surface area (Å²) in [7, 11) is 0. The predicted molar refractivity (Wildman–Crippen MR) is 89.0 cm³/mol. The summed E-state index contributed by atoms with van der Waals surface area (Å²) in [5.41, 5.74) is 2.64. The molecule has 0 amide bonds. The van der Waals surface area contributed by atoms with Crippen LogP contribution >= 0.6 is 27.3 Å². The van der Waals surface area contributed by atoms with Gasteiger partial charge in [-0.1, -0.05) is 31.9 Å². The summed E-state index contributed by atoms with van der Waals surface area (Å²) in [4.78, 5) is 1.34. The van der Waals surface area contributed by atoms with E-state index >= 15 is 0 Å². The van der Waals surface area contributed by atoms with Crippen LogP contribution in [0.5, 0.6) is 0 Å². The first-order valence-corrected chi connectivity index (χ1v) is 8.51. The van der Waals surface area contributed by atoms with Gasteiger partial charge < -0.3 is 5.32 Å². The summed E-state index contributed by atoms with van der Waals surface area (Å²) < 4.78 is 1.20. The van der Waals surface area contributed by atoms with Crippen molar-refractivity contribution < 1.29 is 0 Å².